The molecule has 0 radical (unpaired) electrons. The Kier molecular flexibility index (Phi) is 4.68. The largest absolute Gasteiger partial charge is 0.366 e. The fourth-order valence-electron chi connectivity index (χ4n) is 1.20. The number of aryl methyl sites for hydroxylation is 1. The van der Waals surface area contributed by atoms with Crippen LogP contribution in [0.1, 0.15) is 18.9 Å². The molecule has 0 bridgehead atoms. The molecule has 1 heterocycles. The Labute approximate surface area is 93.0 Å². The first-order chi connectivity index (χ1) is 7.08. The lowest BCUT2D eigenvalue weighted by atomic mass is 10.2. The van der Waals surface area contributed by atoms with Crippen molar-refractivity contribution in [3.63, 3.8) is 0 Å². The fraction of sp³-hybridized carbons (Fsp3) is 0.600. The lowest BCUT2D eigenvalue weighted by Gasteiger charge is -2.13. The van der Waals surface area contributed by atoms with Crippen LogP contribution in [0.2, 0.25) is 0 Å². The van der Waals surface area contributed by atoms with Crippen LogP contribution in [0.4, 0.5) is 5.82 Å². The van der Waals surface area contributed by atoms with Crippen LogP contribution in [-0.2, 0) is 10.8 Å². The highest BCUT2D eigenvalue weighted by atomic mass is 32.2. The van der Waals surface area contributed by atoms with E-state index in [2.05, 4.69) is 22.4 Å². The summed E-state index contributed by atoms with van der Waals surface area (Å²) in [7, 11) is -0.725. The van der Waals surface area contributed by atoms with Gasteiger partial charge in [0.05, 0.1) is 6.20 Å². The van der Waals surface area contributed by atoms with Crippen LogP contribution in [0.25, 0.3) is 0 Å². The maximum Gasteiger partial charge on any atom is 0.149 e. The van der Waals surface area contributed by atoms with Crippen molar-refractivity contribution in [2.75, 3.05) is 17.3 Å². The van der Waals surface area contributed by atoms with Gasteiger partial charge in [-0.05, 0) is 31.9 Å². The summed E-state index contributed by atoms with van der Waals surface area (Å²) in [5.74, 6) is 1.50. The molecular formula is C10H17N3OS. The molecule has 0 aliphatic heterocycles. The molecule has 5 heteroatoms. The predicted molar refractivity (Wildman–Crippen MR) is 63.4 cm³/mol. The third-order valence-electron chi connectivity index (χ3n) is 2.02. The van der Waals surface area contributed by atoms with E-state index in [1.807, 2.05) is 13.0 Å². The molecule has 0 spiro atoms. The summed E-state index contributed by atoms with van der Waals surface area (Å²) in [6.45, 7) is 4.03. The summed E-state index contributed by atoms with van der Waals surface area (Å²) in [5, 5.41) is 11.1. The van der Waals surface area contributed by atoms with Crippen LogP contribution in [-0.4, -0.2) is 32.5 Å². The maximum absolute atomic E-state index is 10.9. The van der Waals surface area contributed by atoms with Crippen molar-refractivity contribution in [2.24, 2.45) is 0 Å². The molecule has 2 atom stereocenters. The predicted octanol–water partition coefficient (Wildman–Crippen LogP) is 1.35. The van der Waals surface area contributed by atoms with Gasteiger partial charge in [-0.25, -0.2) is 0 Å². The number of nitrogens with one attached hydrogen (secondary N) is 1. The third-order valence-corrected chi connectivity index (χ3v) is 2.83. The van der Waals surface area contributed by atoms with Crippen LogP contribution in [0, 0.1) is 6.92 Å². The Balaban J connectivity index is 2.44. The maximum atomic E-state index is 10.9. The van der Waals surface area contributed by atoms with Gasteiger partial charge in [-0.2, -0.15) is 5.10 Å². The van der Waals surface area contributed by atoms with Gasteiger partial charge in [-0.15, -0.1) is 5.10 Å². The Bertz CT molecular complexity index is 343. The van der Waals surface area contributed by atoms with E-state index in [0.717, 1.165) is 17.8 Å². The minimum absolute atomic E-state index is 0.269. The highest BCUT2D eigenvalue weighted by Gasteiger charge is 2.04. The van der Waals surface area contributed by atoms with E-state index < -0.39 is 10.8 Å². The molecule has 84 valence electrons. The summed E-state index contributed by atoms with van der Waals surface area (Å²) in [4.78, 5) is 0. The van der Waals surface area contributed by atoms with Crippen LogP contribution >= 0.6 is 0 Å². The summed E-state index contributed by atoms with van der Waals surface area (Å²) in [5.41, 5.74) is 1.08. The van der Waals surface area contributed by atoms with Crippen molar-refractivity contribution < 1.29 is 4.21 Å². The molecule has 1 N–H and O–H groups in total. The van der Waals surface area contributed by atoms with Crippen molar-refractivity contribution in [1.82, 2.24) is 10.2 Å². The second kappa shape index (κ2) is 5.80. The Morgan fingerprint density at radius 3 is 2.93 bits per heavy atom. The second-order valence-corrected chi connectivity index (χ2v) is 5.28. The van der Waals surface area contributed by atoms with Gasteiger partial charge >= 0.3 is 0 Å². The van der Waals surface area contributed by atoms with Gasteiger partial charge in [-0.3, -0.25) is 4.21 Å². The van der Waals surface area contributed by atoms with E-state index in [-0.39, 0.29) is 6.04 Å². The normalized spacial score (nSPS) is 14.6. The zero-order valence-electron chi connectivity index (χ0n) is 9.36. The fourth-order valence-corrected chi connectivity index (χ4v) is 1.89. The van der Waals surface area contributed by atoms with Gasteiger partial charge in [0.2, 0.25) is 0 Å². The zero-order chi connectivity index (χ0) is 11.3. The lowest BCUT2D eigenvalue weighted by Crippen LogP contribution is -2.18. The van der Waals surface area contributed by atoms with E-state index in [1.165, 1.54) is 0 Å². The highest BCUT2D eigenvalue weighted by molar-refractivity contribution is 7.84. The van der Waals surface area contributed by atoms with Gasteiger partial charge in [0.25, 0.3) is 0 Å². The van der Waals surface area contributed by atoms with E-state index in [1.54, 1.807) is 12.5 Å². The van der Waals surface area contributed by atoms with Crippen molar-refractivity contribution in [1.29, 1.82) is 0 Å². The third kappa shape index (κ3) is 4.88. The van der Waals surface area contributed by atoms with Crippen LogP contribution in [0.3, 0.4) is 0 Å². The average Bonchev–Trinajstić information content (AvgIpc) is 2.15. The molecule has 0 aliphatic rings. The van der Waals surface area contributed by atoms with Crippen LogP contribution in [0.15, 0.2) is 12.3 Å². The molecule has 0 aliphatic carbocycles. The van der Waals surface area contributed by atoms with Crippen LogP contribution < -0.4 is 5.32 Å². The van der Waals surface area contributed by atoms with Gasteiger partial charge < -0.3 is 5.32 Å². The number of nitrogens with zero attached hydrogens (tertiary/aromatic N) is 2. The van der Waals surface area contributed by atoms with Crippen LogP contribution in [0.5, 0.6) is 0 Å². The second-order valence-electron chi connectivity index (χ2n) is 3.73. The molecule has 1 rings (SSSR count). The first-order valence-corrected chi connectivity index (χ1v) is 6.66. The highest BCUT2D eigenvalue weighted by Crippen LogP contribution is 2.06. The van der Waals surface area contributed by atoms with E-state index in [0.29, 0.717) is 5.75 Å². The molecule has 0 saturated heterocycles. The Morgan fingerprint density at radius 2 is 2.33 bits per heavy atom. The minimum atomic E-state index is -0.725. The molecule has 0 aromatic carbocycles. The van der Waals surface area contributed by atoms with E-state index in [9.17, 15) is 4.21 Å². The summed E-state index contributed by atoms with van der Waals surface area (Å²) in [6.07, 6.45) is 4.31. The molecule has 1 aromatic rings. The molecule has 15 heavy (non-hydrogen) atoms. The number of hydrogen-bond acceptors (Lipinski definition) is 4. The summed E-state index contributed by atoms with van der Waals surface area (Å²) >= 11 is 0. The van der Waals surface area contributed by atoms with Gasteiger partial charge in [0.15, 0.2) is 0 Å². The van der Waals surface area contributed by atoms with Crippen molar-refractivity contribution in [2.45, 2.75) is 26.3 Å². The first kappa shape index (κ1) is 12.1. The molecular weight excluding hydrogens is 210 g/mol. The van der Waals surface area contributed by atoms with Crippen molar-refractivity contribution in [3.8, 4) is 0 Å². The SMILES string of the molecule is Cc1cnnc(NC(C)CCS(C)=O)c1. The summed E-state index contributed by atoms with van der Waals surface area (Å²) in [6, 6.07) is 2.22. The number of hydrogen-bond donors (Lipinski definition) is 1. The Hall–Kier alpha value is -0.970. The smallest absolute Gasteiger partial charge is 0.149 e. The Morgan fingerprint density at radius 1 is 1.60 bits per heavy atom. The van der Waals surface area contributed by atoms with E-state index in [4.69, 9.17) is 0 Å². The van der Waals surface area contributed by atoms with Gasteiger partial charge in [0, 0.05) is 28.9 Å². The molecule has 0 amide bonds. The van der Waals surface area contributed by atoms with Crippen molar-refractivity contribution in [3.05, 3.63) is 17.8 Å². The number of rotatable bonds is 5. The monoisotopic (exact) mass is 227 g/mol. The quantitative estimate of drug-likeness (QED) is 0.825. The topological polar surface area (TPSA) is 54.9 Å². The molecule has 0 fully saturated rings. The first-order valence-electron chi connectivity index (χ1n) is 4.94. The molecule has 4 nitrogen and oxygen atoms in total. The molecule has 1 aromatic heterocycles. The molecule has 0 saturated carbocycles. The average molecular weight is 227 g/mol. The van der Waals surface area contributed by atoms with Gasteiger partial charge in [0.1, 0.15) is 5.82 Å². The minimum Gasteiger partial charge on any atom is -0.366 e. The number of anilines is 1. The van der Waals surface area contributed by atoms with Gasteiger partial charge in [-0.1, -0.05) is 0 Å². The number of aromatic nitrogens is 2. The van der Waals surface area contributed by atoms with E-state index >= 15 is 0 Å². The van der Waals surface area contributed by atoms with Crippen molar-refractivity contribution >= 4 is 16.6 Å². The standard InChI is InChI=1S/C10H17N3OS/c1-8-6-10(13-11-7-8)12-9(2)4-5-15(3)14/h6-7,9H,4-5H2,1-3H3,(H,12,13). The molecule has 2 unspecified atom stereocenters. The summed E-state index contributed by atoms with van der Waals surface area (Å²) < 4.78 is 10.9. The lowest BCUT2D eigenvalue weighted by molar-refractivity contribution is 0.678. The zero-order valence-corrected chi connectivity index (χ0v) is 10.2.